The van der Waals surface area contributed by atoms with Crippen molar-refractivity contribution >= 4 is 12.6 Å². The Hall–Kier alpha value is -0.470. The first kappa shape index (κ1) is 11.6. The van der Waals surface area contributed by atoms with E-state index in [0.29, 0.717) is 5.75 Å². The number of rotatable bonds is 5. The number of aryl methyl sites for hydroxylation is 2. The maximum absolute atomic E-state index is 9.30. The summed E-state index contributed by atoms with van der Waals surface area (Å²) in [6, 6.07) is 8.57. The lowest BCUT2D eigenvalue weighted by molar-refractivity contribution is 0.186. The average Bonchev–Trinajstić information content (AvgIpc) is 2.21. The Morgan fingerprint density at radius 1 is 1.29 bits per heavy atom. The Bertz CT molecular complexity index is 256. The van der Waals surface area contributed by atoms with Gasteiger partial charge in [0.15, 0.2) is 0 Å². The van der Waals surface area contributed by atoms with E-state index in [-0.39, 0.29) is 6.10 Å². The minimum Gasteiger partial charge on any atom is -0.392 e. The fourth-order valence-electron chi connectivity index (χ4n) is 1.39. The van der Waals surface area contributed by atoms with E-state index in [1.54, 1.807) is 0 Å². The molecule has 0 amide bonds. The molecular weight excluding hydrogens is 192 g/mol. The van der Waals surface area contributed by atoms with E-state index in [1.165, 1.54) is 11.1 Å². The van der Waals surface area contributed by atoms with Crippen LogP contribution in [0.25, 0.3) is 0 Å². The quantitative estimate of drug-likeness (QED) is 0.716. The summed E-state index contributed by atoms with van der Waals surface area (Å²) in [5.74, 6) is 0.563. The van der Waals surface area contributed by atoms with Gasteiger partial charge in [-0.15, -0.1) is 0 Å². The van der Waals surface area contributed by atoms with E-state index in [9.17, 15) is 5.11 Å². The summed E-state index contributed by atoms with van der Waals surface area (Å²) in [6.07, 6.45) is 2.68. The van der Waals surface area contributed by atoms with Crippen molar-refractivity contribution in [3.63, 3.8) is 0 Å². The van der Waals surface area contributed by atoms with Crippen molar-refractivity contribution in [1.29, 1.82) is 0 Å². The minimum absolute atomic E-state index is 0.246. The van der Waals surface area contributed by atoms with Gasteiger partial charge < -0.3 is 5.11 Å². The molecule has 0 heterocycles. The molecule has 1 rings (SSSR count). The van der Waals surface area contributed by atoms with Crippen LogP contribution >= 0.6 is 12.6 Å². The minimum atomic E-state index is -0.246. The summed E-state index contributed by atoms with van der Waals surface area (Å²) in [6.45, 7) is 2.09. The first-order valence-electron chi connectivity index (χ1n) is 5.07. The SMILES string of the molecule is Cc1ccc(CCCC(O)CS)cc1. The Morgan fingerprint density at radius 2 is 1.93 bits per heavy atom. The average molecular weight is 210 g/mol. The van der Waals surface area contributed by atoms with Crippen LogP contribution in [0.3, 0.4) is 0 Å². The summed E-state index contributed by atoms with van der Waals surface area (Å²) in [5, 5.41) is 9.30. The second-order valence-corrected chi connectivity index (χ2v) is 4.08. The second kappa shape index (κ2) is 6.10. The first-order valence-corrected chi connectivity index (χ1v) is 5.70. The van der Waals surface area contributed by atoms with Gasteiger partial charge in [-0.05, 0) is 31.7 Å². The summed E-state index contributed by atoms with van der Waals surface area (Å²) >= 11 is 4.04. The third kappa shape index (κ3) is 4.16. The predicted molar refractivity (Wildman–Crippen MR) is 64.0 cm³/mol. The van der Waals surface area contributed by atoms with E-state index in [4.69, 9.17) is 0 Å². The largest absolute Gasteiger partial charge is 0.392 e. The van der Waals surface area contributed by atoms with Crippen molar-refractivity contribution in [2.75, 3.05) is 5.75 Å². The maximum atomic E-state index is 9.30. The highest BCUT2D eigenvalue weighted by Gasteiger charge is 2.00. The van der Waals surface area contributed by atoms with Crippen LogP contribution in [0.15, 0.2) is 24.3 Å². The molecule has 78 valence electrons. The van der Waals surface area contributed by atoms with Gasteiger partial charge in [0, 0.05) is 5.75 Å². The van der Waals surface area contributed by atoms with E-state index >= 15 is 0 Å². The van der Waals surface area contributed by atoms with Gasteiger partial charge in [-0.3, -0.25) is 0 Å². The summed E-state index contributed by atoms with van der Waals surface area (Å²) in [5.41, 5.74) is 2.64. The lowest BCUT2D eigenvalue weighted by Crippen LogP contribution is -2.08. The molecule has 0 fully saturated rings. The second-order valence-electron chi connectivity index (χ2n) is 3.71. The Balaban J connectivity index is 2.28. The van der Waals surface area contributed by atoms with Gasteiger partial charge in [-0.25, -0.2) is 0 Å². The maximum Gasteiger partial charge on any atom is 0.0628 e. The molecular formula is C12H18OS. The zero-order valence-corrected chi connectivity index (χ0v) is 9.50. The summed E-state index contributed by atoms with van der Waals surface area (Å²) in [4.78, 5) is 0. The van der Waals surface area contributed by atoms with E-state index in [2.05, 4.69) is 43.8 Å². The van der Waals surface area contributed by atoms with Crippen LogP contribution in [0.4, 0.5) is 0 Å². The molecule has 14 heavy (non-hydrogen) atoms. The molecule has 0 aliphatic heterocycles. The van der Waals surface area contributed by atoms with E-state index in [1.807, 2.05) is 0 Å². The standard InChI is InChI=1S/C12H18OS/c1-10-5-7-11(8-6-10)3-2-4-12(13)9-14/h5-8,12-14H,2-4,9H2,1H3. The topological polar surface area (TPSA) is 20.2 Å². The molecule has 0 aromatic heterocycles. The lowest BCUT2D eigenvalue weighted by atomic mass is 10.1. The van der Waals surface area contributed by atoms with Crippen LogP contribution in [-0.2, 0) is 6.42 Å². The van der Waals surface area contributed by atoms with Gasteiger partial charge >= 0.3 is 0 Å². The highest BCUT2D eigenvalue weighted by molar-refractivity contribution is 7.80. The third-order valence-electron chi connectivity index (χ3n) is 2.33. The predicted octanol–water partition coefficient (Wildman–Crippen LogP) is 2.61. The molecule has 0 aliphatic rings. The van der Waals surface area contributed by atoms with Crippen LogP contribution < -0.4 is 0 Å². The number of aliphatic hydroxyl groups is 1. The molecule has 1 unspecified atom stereocenters. The number of aliphatic hydroxyl groups excluding tert-OH is 1. The molecule has 0 bridgehead atoms. The van der Waals surface area contributed by atoms with Crippen LogP contribution in [-0.4, -0.2) is 17.0 Å². The van der Waals surface area contributed by atoms with Crippen molar-refractivity contribution in [3.05, 3.63) is 35.4 Å². The van der Waals surface area contributed by atoms with Gasteiger partial charge in [0.25, 0.3) is 0 Å². The van der Waals surface area contributed by atoms with Crippen molar-refractivity contribution < 1.29 is 5.11 Å². The van der Waals surface area contributed by atoms with Crippen molar-refractivity contribution in [1.82, 2.24) is 0 Å². The summed E-state index contributed by atoms with van der Waals surface area (Å²) < 4.78 is 0. The fourth-order valence-corrected chi connectivity index (χ4v) is 1.57. The summed E-state index contributed by atoms with van der Waals surface area (Å²) in [7, 11) is 0. The molecule has 0 aliphatic carbocycles. The molecule has 2 heteroatoms. The van der Waals surface area contributed by atoms with Gasteiger partial charge in [-0.1, -0.05) is 29.8 Å². The number of thiol groups is 1. The van der Waals surface area contributed by atoms with Gasteiger partial charge in [0.05, 0.1) is 6.10 Å². The van der Waals surface area contributed by atoms with E-state index in [0.717, 1.165) is 19.3 Å². The molecule has 1 N–H and O–H groups in total. The van der Waals surface area contributed by atoms with Crippen LogP contribution in [0, 0.1) is 6.92 Å². The van der Waals surface area contributed by atoms with Gasteiger partial charge in [0.1, 0.15) is 0 Å². The highest BCUT2D eigenvalue weighted by atomic mass is 32.1. The number of hydrogen-bond acceptors (Lipinski definition) is 2. The fraction of sp³-hybridized carbons (Fsp3) is 0.500. The zero-order valence-electron chi connectivity index (χ0n) is 8.61. The molecule has 1 aromatic carbocycles. The lowest BCUT2D eigenvalue weighted by Gasteiger charge is -2.06. The molecule has 0 saturated heterocycles. The molecule has 0 spiro atoms. The molecule has 0 saturated carbocycles. The van der Waals surface area contributed by atoms with Gasteiger partial charge in [-0.2, -0.15) is 12.6 Å². The van der Waals surface area contributed by atoms with E-state index < -0.39 is 0 Å². The van der Waals surface area contributed by atoms with Gasteiger partial charge in [0.2, 0.25) is 0 Å². The normalized spacial score (nSPS) is 12.8. The Labute approximate surface area is 91.6 Å². The molecule has 0 radical (unpaired) electrons. The number of hydrogen-bond donors (Lipinski definition) is 2. The van der Waals surface area contributed by atoms with Crippen LogP contribution in [0.5, 0.6) is 0 Å². The third-order valence-corrected chi connectivity index (χ3v) is 2.76. The van der Waals surface area contributed by atoms with Crippen LogP contribution in [0.2, 0.25) is 0 Å². The highest BCUT2D eigenvalue weighted by Crippen LogP contribution is 2.08. The molecule has 1 atom stereocenters. The monoisotopic (exact) mass is 210 g/mol. The Kier molecular flexibility index (Phi) is 5.05. The number of benzene rings is 1. The molecule has 1 aromatic rings. The smallest absolute Gasteiger partial charge is 0.0628 e. The van der Waals surface area contributed by atoms with Crippen LogP contribution in [0.1, 0.15) is 24.0 Å². The molecule has 1 nitrogen and oxygen atoms in total. The van der Waals surface area contributed by atoms with Crippen molar-refractivity contribution in [3.8, 4) is 0 Å². The Morgan fingerprint density at radius 3 is 2.50 bits per heavy atom. The van der Waals surface area contributed by atoms with Crippen molar-refractivity contribution in [2.45, 2.75) is 32.3 Å². The first-order chi connectivity index (χ1) is 6.72. The zero-order chi connectivity index (χ0) is 10.4. The van der Waals surface area contributed by atoms with Crippen molar-refractivity contribution in [2.24, 2.45) is 0 Å².